The van der Waals surface area contributed by atoms with Crippen molar-refractivity contribution in [3.05, 3.63) is 29.3 Å². The third kappa shape index (κ3) is 4.68. The normalized spacial score (nSPS) is 11.1. The molecule has 4 nitrogen and oxygen atoms in total. The van der Waals surface area contributed by atoms with Gasteiger partial charge in [-0.2, -0.15) is 0 Å². The fourth-order valence-electron chi connectivity index (χ4n) is 1.90. The molecular formula is C16H22O4. The van der Waals surface area contributed by atoms with Crippen molar-refractivity contribution in [1.82, 2.24) is 0 Å². The molecule has 0 aliphatic heterocycles. The van der Waals surface area contributed by atoms with Gasteiger partial charge in [0.1, 0.15) is 11.4 Å². The molecule has 0 atom stereocenters. The van der Waals surface area contributed by atoms with Gasteiger partial charge in [0.05, 0.1) is 0 Å². The summed E-state index contributed by atoms with van der Waals surface area (Å²) >= 11 is 0. The molecule has 0 aliphatic rings. The Kier molecular flexibility index (Phi) is 5.31. The second-order valence-corrected chi connectivity index (χ2v) is 5.57. The Morgan fingerprint density at radius 1 is 1.20 bits per heavy atom. The summed E-state index contributed by atoms with van der Waals surface area (Å²) in [5.74, 6) is 0.128. The summed E-state index contributed by atoms with van der Waals surface area (Å²) in [6.07, 6.45) is 0.666. The average Bonchev–Trinajstić information content (AvgIpc) is 2.33. The zero-order valence-electron chi connectivity index (χ0n) is 12.8. The van der Waals surface area contributed by atoms with E-state index in [0.717, 1.165) is 5.56 Å². The largest absolute Gasteiger partial charge is 0.482 e. The van der Waals surface area contributed by atoms with Crippen molar-refractivity contribution in [2.24, 2.45) is 0 Å². The molecule has 110 valence electrons. The molecule has 0 amide bonds. The van der Waals surface area contributed by atoms with Gasteiger partial charge in [0, 0.05) is 11.1 Å². The van der Waals surface area contributed by atoms with Gasteiger partial charge in [0.15, 0.2) is 12.4 Å². The average molecular weight is 278 g/mol. The second-order valence-electron chi connectivity index (χ2n) is 5.57. The number of Topliss-reactive ketones (excluding diaryl/α,β-unsaturated/α-hetero) is 1. The topological polar surface area (TPSA) is 52.6 Å². The summed E-state index contributed by atoms with van der Waals surface area (Å²) in [4.78, 5) is 23.2. The fourth-order valence-corrected chi connectivity index (χ4v) is 1.90. The minimum atomic E-state index is -0.532. The van der Waals surface area contributed by atoms with Crippen LogP contribution >= 0.6 is 0 Å². The lowest BCUT2D eigenvalue weighted by molar-refractivity contribution is -0.157. The van der Waals surface area contributed by atoms with E-state index < -0.39 is 11.6 Å². The van der Waals surface area contributed by atoms with Crippen LogP contribution in [0, 0.1) is 0 Å². The third-order valence-electron chi connectivity index (χ3n) is 2.63. The zero-order chi connectivity index (χ0) is 15.3. The van der Waals surface area contributed by atoms with Crippen LogP contribution in [-0.2, 0) is 16.0 Å². The predicted octanol–water partition coefficient (Wildman–Crippen LogP) is 3.17. The first-order chi connectivity index (χ1) is 9.24. The van der Waals surface area contributed by atoms with E-state index in [4.69, 9.17) is 9.47 Å². The number of esters is 1. The lowest BCUT2D eigenvalue weighted by atomic mass is 10.0. The van der Waals surface area contributed by atoms with Gasteiger partial charge in [0.25, 0.3) is 0 Å². The first-order valence-corrected chi connectivity index (χ1v) is 6.72. The van der Waals surface area contributed by atoms with Gasteiger partial charge in [0.2, 0.25) is 0 Å². The molecular weight excluding hydrogens is 256 g/mol. The molecule has 1 rings (SSSR count). The maximum Gasteiger partial charge on any atom is 0.344 e. The first kappa shape index (κ1) is 16.2. The number of hydrogen-bond acceptors (Lipinski definition) is 4. The van der Waals surface area contributed by atoms with E-state index in [1.807, 2.05) is 6.92 Å². The van der Waals surface area contributed by atoms with Crippen molar-refractivity contribution < 1.29 is 19.1 Å². The van der Waals surface area contributed by atoms with Gasteiger partial charge in [-0.1, -0.05) is 19.1 Å². The summed E-state index contributed by atoms with van der Waals surface area (Å²) < 4.78 is 10.7. The Balaban J connectivity index is 2.81. The monoisotopic (exact) mass is 278 g/mol. The van der Waals surface area contributed by atoms with E-state index in [1.54, 1.807) is 39.0 Å². The molecule has 20 heavy (non-hydrogen) atoms. The zero-order valence-corrected chi connectivity index (χ0v) is 12.8. The molecule has 0 radical (unpaired) electrons. The van der Waals surface area contributed by atoms with E-state index in [-0.39, 0.29) is 12.4 Å². The van der Waals surface area contributed by atoms with Crippen LogP contribution in [-0.4, -0.2) is 24.0 Å². The van der Waals surface area contributed by atoms with Crippen molar-refractivity contribution in [1.29, 1.82) is 0 Å². The smallest absolute Gasteiger partial charge is 0.344 e. The number of hydrogen-bond donors (Lipinski definition) is 0. The number of benzene rings is 1. The molecule has 0 aliphatic carbocycles. The number of ether oxygens (including phenoxy) is 2. The molecule has 0 fully saturated rings. The van der Waals surface area contributed by atoms with Gasteiger partial charge in [-0.25, -0.2) is 4.79 Å². The quantitative estimate of drug-likeness (QED) is 0.613. The van der Waals surface area contributed by atoms with Crippen molar-refractivity contribution in [3.63, 3.8) is 0 Å². The number of carbonyl (C=O) groups is 2. The summed E-state index contributed by atoms with van der Waals surface area (Å²) in [5, 5.41) is 0. The van der Waals surface area contributed by atoms with Gasteiger partial charge in [-0.3, -0.25) is 4.79 Å². The van der Waals surface area contributed by atoms with E-state index in [0.29, 0.717) is 17.7 Å². The highest BCUT2D eigenvalue weighted by atomic mass is 16.6. The SMILES string of the molecule is CCc1c(OCC(=O)OC(C)(C)C)cccc1C(C)=O. The Morgan fingerprint density at radius 2 is 1.85 bits per heavy atom. The van der Waals surface area contributed by atoms with Gasteiger partial charge in [-0.05, 0) is 40.2 Å². The fraction of sp³-hybridized carbons (Fsp3) is 0.500. The Morgan fingerprint density at radius 3 is 2.35 bits per heavy atom. The van der Waals surface area contributed by atoms with Crippen LogP contribution in [0.25, 0.3) is 0 Å². The molecule has 1 aromatic carbocycles. The molecule has 4 heteroatoms. The molecule has 0 saturated carbocycles. The van der Waals surface area contributed by atoms with E-state index >= 15 is 0 Å². The van der Waals surface area contributed by atoms with Crippen LogP contribution in [0.15, 0.2) is 18.2 Å². The van der Waals surface area contributed by atoms with Crippen molar-refractivity contribution >= 4 is 11.8 Å². The minimum absolute atomic E-state index is 0.00966. The molecule has 0 N–H and O–H groups in total. The summed E-state index contributed by atoms with van der Waals surface area (Å²) in [7, 11) is 0. The first-order valence-electron chi connectivity index (χ1n) is 6.72. The van der Waals surface area contributed by atoms with E-state index in [9.17, 15) is 9.59 Å². The van der Waals surface area contributed by atoms with Crippen LogP contribution in [0.1, 0.15) is 50.5 Å². The Labute approximate surface area is 120 Å². The van der Waals surface area contributed by atoms with Crippen molar-refractivity contribution in [2.45, 2.75) is 46.6 Å². The Bertz CT molecular complexity index is 498. The predicted molar refractivity (Wildman–Crippen MR) is 77.2 cm³/mol. The van der Waals surface area contributed by atoms with Crippen LogP contribution < -0.4 is 4.74 Å². The van der Waals surface area contributed by atoms with Crippen molar-refractivity contribution in [2.75, 3.05) is 6.61 Å². The van der Waals surface area contributed by atoms with Gasteiger partial charge < -0.3 is 9.47 Å². The lowest BCUT2D eigenvalue weighted by Crippen LogP contribution is -2.27. The lowest BCUT2D eigenvalue weighted by Gasteiger charge is -2.20. The van der Waals surface area contributed by atoms with Gasteiger partial charge in [-0.15, -0.1) is 0 Å². The van der Waals surface area contributed by atoms with E-state index in [1.165, 1.54) is 6.92 Å². The summed E-state index contributed by atoms with van der Waals surface area (Å²) in [6, 6.07) is 5.28. The highest BCUT2D eigenvalue weighted by Crippen LogP contribution is 2.23. The van der Waals surface area contributed by atoms with Crippen LogP contribution in [0.4, 0.5) is 0 Å². The number of carbonyl (C=O) groups excluding carboxylic acids is 2. The third-order valence-corrected chi connectivity index (χ3v) is 2.63. The second kappa shape index (κ2) is 6.55. The van der Waals surface area contributed by atoms with Crippen LogP contribution in [0.3, 0.4) is 0 Å². The molecule has 0 aromatic heterocycles. The van der Waals surface area contributed by atoms with E-state index in [2.05, 4.69) is 0 Å². The van der Waals surface area contributed by atoms with Gasteiger partial charge >= 0.3 is 5.97 Å². The number of ketones is 1. The summed E-state index contributed by atoms with van der Waals surface area (Å²) in [6.45, 7) is 8.72. The van der Waals surface area contributed by atoms with Crippen molar-refractivity contribution in [3.8, 4) is 5.75 Å². The maximum absolute atomic E-state index is 11.6. The van der Waals surface area contributed by atoms with Crippen LogP contribution in [0.2, 0.25) is 0 Å². The standard InChI is InChI=1S/C16H22O4/c1-6-12-13(11(2)17)8-7-9-14(12)19-10-15(18)20-16(3,4)5/h7-9H,6,10H2,1-5H3. The molecule has 0 spiro atoms. The molecule has 0 saturated heterocycles. The highest BCUT2D eigenvalue weighted by molar-refractivity contribution is 5.96. The molecule has 0 heterocycles. The maximum atomic E-state index is 11.6. The molecule has 0 unspecified atom stereocenters. The number of rotatable bonds is 5. The summed E-state index contributed by atoms with van der Waals surface area (Å²) in [5.41, 5.74) is 0.924. The highest BCUT2D eigenvalue weighted by Gasteiger charge is 2.18. The molecule has 0 bridgehead atoms. The van der Waals surface area contributed by atoms with Crippen LogP contribution in [0.5, 0.6) is 5.75 Å². The molecule has 1 aromatic rings. The minimum Gasteiger partial charge on any atom is -0.482 e. The Hall–Kier alpha value is -1.84.